The Balaban J connectivity index is 0.00000200. The van der Waals surface area contributed by atoms with E-state index in [0.717, 1.165) is 28.8 Å². The first-order valence-electron chi connectivity index (χ1n) is 6.49. The fourth-order valence-corrected chi connectivity index (χ4v) is 3.31. The van der Waals surface area contributed by atoms with E-state index < -0.39 is 0 Å². The smallest absolute Gasteiger partial charge is 0.236 e. The van der Waals surface area contributed by atoms with Crippen molar-refractivity contribution >= 4 is 41.3 Å². The molecule has 1 aromatic rings. The van der Waals surface area contributed by atoms with Crippen molar-refractivity contribution in [3.63, 3.8) is 0 Å². The number of piperazine rings is 1. The van der Waals surface area contributed by atoms with Crippen LogP contribution in [0.5, 0.6) is 0 Å². The van der Waals surface area contributed by atoms with Gasteiger partial charge in [0.15, 0.2) is 0 Å². The predicted molar refractivity (Wildman–Crippen MR) is 87.0 cm³/mol. The third-order valence-electron chi connectivity index (χ3n) is 3.42. The zero-order valence-electron chi connectivity index (χ0n) is 11.8. The number of halogens is 2. The van der Waals surface area contributed by atoms with Crippen molar-refractivity contribution in [1.82, 2.24) is 15.1 Å². The highest BCUT2D eigenvalue weighted by Crippen LogP contribution is 2.22. The minimum absolute atomic E-state index is 0. The summed E-state index contributed by atoms with van der Waals surface area (Å²) < 4.78 is 0.770. The monoisotopic (exact) mass is 337 g/mol. The second-order valence-corrected chi connectivity index (χ2v) is 6.78. The normalized spacial score (nSPS) is 19.4. The summed E-state index contributed by atoms with van der Waals surface area (Å²) in [7, 11) is 1.85. The first kappa shape index (κ1) is 17.7. The quantitative estimate of drug-likeness (QED) is 0.913. The number of carbonyl (C=O) groups is 1. The average Bonchev–Trinajstić information content (AvgIpc) is 2.77. The maximum atomic E-state index is 12.2. The third kappa shape index (κ3) is 4.90. The van der Waals surface area contributed by atoms with Gasteiger partial charge < -0.3 is 10.2 Å². The molecule has 20 heavy (non-hydrogen) atoms. The number of carbonyl (C=O) groups excluding carboxylic acids is 1. The Morgan fingerprint density at radius 1 is 1.60 bits per heavy atom. The van der Waals surface area contributed by atoms with Crippen LogP contribution in [0, 0.1) is 0 Å². The average molecular weight is 338 g/mol. The summed E-state index contributed by atoms with van der Waals surface area (Å²) in [6.45, 7) is 6.14. The lowest BCUT2D eigenvalue weighted by molar-refractivity contribution is -0.132. The first-order valence-corrected chi connectivity index (χ1v) is 7.68. The van der Waals surface area contributed by atoms with Gasteiger partial charge in [0.05, 0.1) is 17.4 Å². The Morgan fingerprint density at radius 2 is 2.35 bits per heavy atom. The molecule has 2 rings (SSSR count). The molecule has 0 radical (unpaired) electrons. The van der Waals surface area contributed by atoms with E-state index in [1.54, 1.807) is 4.90 Å². The van der Waals surface area contributed by atoms with Crippen molar-refractivity contribution in [2.24, 2.45) is 0 Å². The molecule has 1 aromatic heterocycles. The largest absolute Gasteiger partial charge is 0.340 e. The van der Waals surface area contributed by atoms with Crippen LogP contribution < -0.4 is 5.32 Å². The van der Waals surface area contributed by atoms with Crippen LogP contribution in [0.4, 0.5) is 0 Å². The molecule has 114 valence electrons. The summed E-state index contributed by atoms with van der Waals surface area (Å²) in [5.41, 5.74) is 0. The number of likely N-dealkylation sites (N-methyl/N-ethyl adjacent to an activating group) is 1. The van der Waals surface area contributed by atoms with Crippen LogP contribution in [-0.2, 0) is 11.3 Å². The van der Waals surface area contributed by atoms with Crippen molar-refractivity contribution in [3.8, 4) is 0 Å². The van der Waals surface area contributed by atoms with Crippen LogP contribution in [0.25, 0.3) is 0 Å². The second kappa shape index (κ2) is 8.20. The zero-order chi connectivity index (χ0) is 13.8. The Bertz CT molecular complexity index is 441. The number of nitrogens with zero attached hydrogens (tertiary/aromatic N) is 2. The second-order valence-electron chi connectivity index (χ2n) is 4.98. The van der Waals surface area contributed by atoms with Gasteiger partial charge in [-0.25, -0.2) is 0 Å². The van der Waals surface area contributed by atoms with Gasteiger partial charge in [-0.3, -0.25) is 9.69 Å². The van der Waals surface area contributed by atoms with Gasteiger partial charge in [0.2, 0.25) is 5.91 Å². The molecule has 1 fully saturated rings. The molecule has 1 atom stereocenters. The van der Waals surface area contributed by atoms with E-state index in [9.17, 15) is 4.79 Å². The SMILES string of the molecule is C[C@H]1CNCCN1CC(=O)N(C)Cc1ccc(Cl)s1.Cl. The van der Waals surface area contributed by atoms with E-state index >= 15 is 0 Å². The first-order chi connectivity index (χ1) is 9.06. The summed E-state index contributed by atoms with van der Waals surface area (Å²) in [5, 5.41) is 3.33. The lowest BCUT2D eigenvalue weighted by Gasteiger charge is -2.34. The van der Waals surface area contributed by atoms with E-state index in [1.807, 2.05) is 19.2 Å². The minimum atomic E-state index is 0. The Kier molecular flexibility index (Phi) is 7.26. The van der Waals surface area contributed by atoms with Gasteiger partial charge in [-0.15, -0.1) is 23.7 Å². The van der Waals surface area contributed by atoms with Crippen molar-refractivity contribution in [2.75, 3.05) is 33.2 Å². The van der Waals surface area contributed by atoms with Gasteiger partial charge in [0, 0.05) is 37.6 Å². The zero-order valence-corrected chi connectivity index (χ0v) is 14.2. The summed E-state index contributed by atoms with van der Waals surface area (Å²) in [6, 6.07) is 4.27. The molecule has 0 aliphatic carbocycles. The molecule has 0 bridgehead atoms. The Hall–Kier alpha value is -0.330. The molecule has 1 amide bonds. The molecular weight excluding hydrogens is 317 g/mol. The lowest BCUT2D eigenvalue weighted by Crippen LogP contribution is -2.52. The van der Waals surface area contributed by atoms with Gasteiger partial charge in [-0.1, -0.05) is 11.6 Å². The highest BCUT2D eigenvalue weighted by atomic mass is 35.5. The fraction of sp³-hybridized carbons (Fsp3) is 0.615. The van der Waals surface area contributed by atoms with Gasteiger partial charge in [0.1, 0.15) is 0 Å². The lowest BCUT2D eigenvalue weighted by atomic mass is 10.2. The summed E-state index contributed by atoms with van der Waals surface area (Å²) in [6.07, 6.45) is 0. The Labute approximate surface area is 135 Å². The van der Waals surface area contributed by atoms with Gasteiger partial charge in [-0.05, 0) is 19.1 Å². The summed E-state index contributed by atoms with van der Waals surface area (Å²) in [4.78, 5) is 17.3. The van der Waals surface area contributed by atoms with Gasteiger partial charge in [-0.2, -0.15) is 0 Å². The van der Waals surface area contributed by atoms with Gasteiger partial charge >= 0.3 is 0 Å². The number of hydrogen-bond acceptors (Lipinski definition) is 4. The van der Waals surface area contributed by atoms with Crippen molar-refractivity contribution in [2.45, 2.75) is 19.5 Å². The van der Waals surface area contributed by atoms with Crippen LogP contribution in [0.3, 0.4) is 0 Å². The molecule has 0 spiro atoms. The van der Waals surface area contributed by atoms with Crippen molar-refractivity contribution in [3.05, 3.63) is 21.3 Å². The number of amides is 1. The molecule has 2 heterocycles. The topological polar surface area (TPSA) is 35.6 Å². The van der Waals surface area contributed by atoms with E-state index in [1.165, 1.54) is 11.3 Å². The van der Waals surface area contributed by atoms with Crippen LogP contribution in [0.15, 0.2) is 12.1 Å². The van der Waals surface area contributed by atoms with Crippen LogP contribution in [0.1, 0.15) is 11.8 Å². The highest BCUT2D eigenvalue weighted by molar-refractivity contribution is 7.16. The molecule has 1 aliphatic rings. The molecule has 0 saturated carbocycles. The number of thiophene rings is 1. The number of hydrogen-bond donors (Lipinski definition) is 1. The molecule has 1 N–H and O–H groups in total. The molecule has 4 nitrogen and oxygen atoms in total. The number of rotatable bonds is 4. The molecular formula is C13H21Cl2N3OS. The van der Waals surface area contributed by atoms with E-state index in [4.69, 9.17) is 11.6 Å². The number of nitrogens with one attached hydrogen (secondary N) is 1. The van der Waals surface area contributed by atoms with Crippen LogP contribution in [0.2, 0.25) is 4.34 Å². The third-order valence-corrected chi connectivity index (χ3v) is 4.64. The maximum Gasteiger partial charge on any atom is 0.236 e. The minimum Gasteiger partial charge on any atom is -0.340 e. The summed E-state index contributed by atoms with van der Waals surface area (Å²) in [5.74, 6) is 0.165. The standard InChI is InChI=1S/C13H20ClN3OS.ClH/c1-10-7-15-5-6-17(10)9-13(18)16(2)8-11-3-4-12(14)19-11;/h3-4,10,15H,5-9H2,1-2H3;1H/t10-;/m0./s1. The van der Waals surface area contributed by atoms with Crippen LogP contribution in [-0.4, -0.2) is 55.0 Å². The molecule has 0 aromatic carbocycles. The van der Waals surface area contributed by atoms with E-state index in [2.05, 4.69) is 17.1 Å². The summed E-state index contributed by atoms with van der Waals surface area (Å²) >= 11 is 7.43. The van der Waals surface area contributed by atoms with E-state index in [0.29, 0.717) is 19.1 Å². The molecule has 7 heteroatoms. The highest BCUT2D eigenvalue weighted by Gasteiger charge is 2.22. The van der Waals surface area contributed by atoms with Crippen molar-refractivity contribution < 1.29 is 4.79 Å². The van der Waals surface area contributed by atoms with Crippen molar-refractivity contribution in [1.29, 1.82) is 0 Å². The molecule has 0 unspecified atom stereocenters. The Morgan fingerprint density at radius 3 is 2.95 bits per heavy atom. The predicted octanol–water partition coefficient (Wildman–Crippen LogP) is 2.08. The van der Waals surface area contributed by atoms with Gasteiger partial charge in [0.25, 0.3) is 0 Å². The van der Waals surface area contributed by atoms with E-state index in [-0.39, 0.29) is 18.3 Å². The fourth-order valence-electron chi connectivity index (χ4n) is 2.17. The molecule has 1 saturated heterocycles. The molecule has 1 aliphatic heterocycles. The maximum absolute atomic E-state index is 12.2. The van der Waals surface area contributed by atoms with Crippen LogP contribution >= 0.6 is 35.3 Å².